The average molecular weight is 303 g/mol. The van der Waals surface area contributed by atoms with Crippen LogP contribution < -0.4 is 4.90 Å². The zero-order valence-electron chi connectivity index (χ0n) is 11.1. The molecule has 1 aliphatic carbocycles. The van der Waals surface area contributed by atoms with Crippen LogP contribution in [0.2, 0.25) is 5.02 Å². The van der Waals surface area contributed by atoms with Crippen LogP contribution in [0.5, 0.6) is 0 Å². The highest BCUT2D eigenvalue weighted by molar-refractivity contribution is 6.31. The van der Waals surface area contributed by atoms with E-state index >= 15 is 0 Å². The zero-order valence-corrected chi connectivity index (χ0v) is 11.9. The molecule has 2 rings (SSSR count). The summed E-state index contributed by atoms with van der Waals surface area (Å²) in [6.07, 6.45) is 3.17. The van der Waals surface area contributed by atoms with Gasteiger partial charge in [0.15, 0.2) is 0 Å². The van der Waals surface area contributed by atoms with E-state index in [0.717, 1.165) is 25.0 Å². The van der Waals surface area contributed by atoms with E-state index in [1.54, 1.807) is 7.05 Å². The SMILES string of the molecule is CN(CC1(O)CCCC1)c1cc(F)c(Cl)cc1[N+](=O)[O-]. The number of rotatable bonds is 4. The van der Waals surface area contributed by atoms with E-state index in [2.05, 4.69) is 0 Å². The second-order valence-corrected chi connectivity index (χ2v) is 5.71. The molecule has 7 heteroatoms. The number of nitro benzene ring substituents is 1. The number of halogens is 2. The molecule has 1 aromatic rings. The summed E-state index contributed by atoms with van der Waals surface area (Å²) in [5.41, 5.74) is -1.00. The van der Waals surface area contributed by atoms with Gasteiger partial charge >= 0.3 is 0 Å². The second-order valence-electron chi connectivity index (χ2n) is 5.30. The van der Waals surface area contributed by atoms with Crippen LogP contribution in [-0.4, -0.2) is 29.2 Å². The lowest BCUT2D eigenvalue weighted by molar-refractivity contribution is -0.384. The monoisotopic (exact) mass is 302 g/mol. The number of nitro groups is 1. The third-order valence-electron chi connectivity index (χ3n) is 3.69. The van der Waals surface area contributed by atoms with Crippen molar-refractivity contribution in [3.8, 4) is 0 Å². The molecule has 0 heterocycles. The Morgan fingerprint density at radius 3 is 2.65 bits per heavy atom. The maximum atomic E-state index is 13.5. The first-order chi connectivity index (χ1) is 9.32. The maximum absolute atomic E-state index is 13.5. The first-order valence-electron chi connectivity index (χ1n) is 6.39. The molecule has 0 unspecified atom stereocenters. The molecule has 0 atom stereocenters. The minimum Gasteiger partial charge on any atom is -0.388 e. The molecule has 0 amide bonds. The molecule has 1 N–H and O–H groups in total. The van der Waals surface area contributed by atoms with E-state index in [1.165, 1.54) is 4.90 Å². The van der Waals surface area contributed by atoms with Crippen LogP contribution in [0.1, 0.15) is 25.7 Å². The zero-order chi connectivity index (χ0) is 14.9. The predicted molar refractivity (Wildman–Crippen MR) is 74.8 cm³/mol. The Balaban J connectivity index is 2.31. The van der Waals surface area contributed by atoms with Gasteiger partial charge in [-0.3, -0.25) is 10.1 Å². The van der Waals surface area contributed by atoms with Crippen LogP contribution in [0.15, 0.2) is 12.1 Å². The maximum Gasteiger partial charge on any atom is 0.294 e. The van der Waals surface area contributed by atoms with Crippen molar-refractivity contribution >= 4 is 23.0 Å². The van der Waals surface area contributed by atoms with Crippen LogP contribution in [0.4, 0.5) is 15.8 Å². The van der Waals surface area contributed by atoms with Crippen LogP contribution in [0, 0.1) is 15.9 Å². The molecule has 0 radical (unpaired) electrons. The van der Waals surface area contributed by atoms with Crippen molar-refractivity contribution in [1.82, 2.24) is 0 Å². The van der Waals surface area contributed by atoms with Crippen molar-refractivity contribution < 1.29 is 14.4 Å². The van der Waals surface area contributed by atoms with Crippen molar-refractivity contribution in [3.05, 3.63) is 33.1 Å². The fraction of sp³-hybridized carbons (Fsp3) is 0.538. The molecule has 0 aliphatic heterocycles. The van der Waals surface area contributed by atoms with Gasteiger partial charge in [-0.2, -0.15) is 0 Å². The Kier molecular flexibility index (Phi) is 4.15. The number of benzene rings is 1. The highest BCUT2D eigenvalue weighted by atomic mass is 35.5. The molecule has 1 fully saturated rings. The Morgan fingerprint density at radius 2 is 2.10 bits per heavy atom. The highest BCUT2D eigenvalue weighted by Gasteiger charge is 2.34. The first kappa shape index (κ1) is 15.0. The van der Waals surface area contributed by atoms with Gasteiger partial charge in [0.2, 0.25) is 0 Å². The van der Waals surface area contributed by atoms with Crippen molar-refractivity contribution in [1.29, 1.82) is 0 Å². The van der Waals surface area contributed by atoms with E-state index in [1.807, 2.05) is 0 Å². The lowest BCUT2D eigenvalue weighted by Crippen LogP contribution is -2.39. The summed E-state index contributed by atoms with van der Waals surface area (Å²) in [6, 6.07) is 2.04. The minimum atomic E-state index is -0.862. The quantitative estimate of drug-likeness (QED) is 0.685. The molecule has 1 saturated carbocycles. The van der Waals surface area contributed by atoms with E-state index in [0.29, 0.717) is 12.8 Å². The lowest BCUT2D eigenvalue weighted by Gasteiger charge is -2.29. The Bertz CT molecular complexity index is 533. The number of hydrogen-bond donors (Lipinski definition) is 1. The van der Waals surface area contributed by atoms with Crippen LogP contribution in [0.3, 0.4) is 0 Å². The van der Waals surface area contributed by atoms with Gasteiger partial charge < -0.3 is 10.0 Å². The Morgan fingerprint density at radius 1 is 1.50 bits per heavy atom. The second kappa shape index (κ2) is 5.54. The van der Waals surface area contributed by atoms with Gasteiger partial charge in [-0.1, -0.05) is 24.4 Å². The molecule has 0 bridgehead atoms. The molecule has 5 nitrogen and oxygen atoms in total. The normalized spacial score (nSPS) is 17.2. The van der Waals surface area contributed by atoms with Crippen molar-refractivity contribution in [3.63, 3.8) is 0 Å². The van der Waals surface area contributed by atoms with Crippen LogP contribution in [-0.2, 0) is 0 Å². The third-order valence-corrected chi connectivity index (χ3v) is 3.98. The summed E-state index contributed by atoms with van der Waals surface area (Å²) < 4.78 is 13.5. The fourth-order valence-electron chi connectivity index (χ4n) is 2.70. The molecular formula is C13H16ClFN2O3. The van der Waals surface area contributed by atoms with E-state index < -0.39 is 16.3 Å². The molecule has 1 aromatic carbocycles. The topological polar surface area (TPSA) is 66.6 Å². The third kappa shape index (κ3) is 3.02. The highest BCUT2D eigenvalue weighted by Crippen LogP contribution is 2.36. The van der Waals surface area contributed by atoms with Gasteiger partial charge in [0.05, 0.1) is 15.5 Å². The van der Waals surface area contributed by atoms with Gasteiger partial charge in [-0.25, -0.2) is 4.39 Å². The number of anilines is 1. The van der Waals surface area contributed by atoms with Gasteiger partial charge in [0.25, 0.3) is 5.69 Å². The smallest absolute Gasteiger partial charge is 0.294 e. The predicted octanol–water partition coefficient (Wildman–Crippen LogP) is 3.13. The number of hydrogen-bond acceptors (Lipinski definition) is 4. The van der Waals surface area contributed by atoms with Crippen LogP contribution >= 0.6 is 11.6 Å². The fourth-order valence-corrected chi connectivity index (χ4v) is 2.85. The summed E-state index contributed by atoms with van der Waals surface area (Å²) in [4.78, 5) is 12.0. The van der Waals surface area contributed by atoms with Gasteiger partial charge in [0.1, 0.15) is 11.5 Å². The summed E-state index contributed by atoms with van der Waals surface area (Å²) in [7, 11) is 1.60. The standard InChI is InChI=1S/C13H16ClFN2O3/c1-16(8-13(18)4-2-3-5-13)11-7-10(15)9(14)6-12(11)17(19)20/h6-7,18H,2-5,8H2,1H3. The van der Waals surface area contributed by atoms with E-state index in [-0.39, 0.29) is 22.9 Å². The van der Waals surface area contributed by atoms with Gasteiger partial charge in [0, 0.05) is 25.7 Å². The van der Waals surface area contributed by atoms with Gasteiger partial charge in [-0.15, -0.1) is 0 Å². The molecular weight excluding hydrogens is 287 g/mol. The van der Waals surface area contributed by atoms with Crippen molar-refractivity contribution in [2.24, 2.45) is 0 Å². The molecule has 110 valence electrons. The number of aliphatic hydroxyl groups is 1. The van der Waals surface area contributed by atoms with Crippen molar-refractivity contribution in [2.45, 2.75) is 31.3 Å². The largest absolute Gasteiger partial charge is 0.388 e. The summed E-state index contributed by atoms with van der Waals surface area (Å²) in [5.74, 6) is -0.711. The first-order valence-corrected chi connectivity index (χ1v) is 6.77. The molecule has 0 saturated heterocycles. The average Bonchev–Trinajstić information content (AvgIpc) is 2.78. The van der Waals surface area contributed by atoms with Gasteiger partial charge in [-0.05, 0) is 12.8 Å². The number of nitrogens with zero attached hydrogens (tertiary/aromatic N) is 2. The van der Waals surface area contributed by atoms with Crippen molar-refractivity contribution in [2.75, 3.05) is 18.5 Å². The summed E-state index contributed by atoms with van der Waals surface area (Å²) in [5, 5.41) is 21.1. The molecule has 0 spiro atoms. The van der Waals surface area contributed by atoms with Crippen LogP contribution in [0.25, 0.3) is 0 Å². The Hall–Kier alpha value is -1.40. The number of likely N-dealkylation sites (N-methyl/N-ethyl adjacent to an activating group) is 1. The summed E-state index contributed by atoms with van der Waals surface area (Å²) in [6.45, 7) is 0.231. The van der Waals surface area contributed by atoms with E-state index in [4.69, 9.17) is 11.6 Å². The summed E-state index contributed by atoms with van der Waals surface area (Å²) >= 11 is 5.58. The lowest BCUT2D eigenvalue weighted by atomic mass is 10.0. The molecule has 1 aliphatic rings. The molecule has 20 heavy (non-hydrogen) atoms. The molecule has 0 aromatic heterocycles. The van der Waals surface area contributed by atoms with E-state index in [9.17, 15) is 19.6 Å². The minimum absolute atomic E-state index is 0.122. The Labute approximate surface area is 121 Å².